The van der Waals surface area contributed by atoms with Crippen molar-refractivity contribution in [3.05, 3.63) is 29.3 Å². The molecule has 0 amide bonds. The lowest BCUT2D eigenvalue weighted by molar-refractivity contribution is 0.0607. The largest absolute Gasteiger partial charge is 0.496 e. The molecule has 1 unspecified atom stereocenters. The van der Waals surface area contributed by atoms with Gasteiger partial charge in [0, 0.05) is 19.3 Å². The minimum atomic E-state index is 0.212. The summed E-state index contributed by atoms with van der Waals surface area (Å²) in [6.07, 6.45) is 0.864. The van der Waals surface area contributed by atoms with E-state index in [1.165, 1.54) is 5.56 Å². The van der Waals surface area contributed by atoms with E-state index in [0.29, 0.717) is 25.7 Å². The van der Waals surface area contributed by atoms with E-state index in [0.717, 1.165) is 17.7 Å². The highest BCUT2D eigenvalue weighted by molar-refractivity contribution is 5.37. The Labute approximate surface area is 128 Å². The van der Waals surface area contributed by atoms with Crippen molar-refractivity contribution in [2.75, 3.05) is 34.0 Å². The van der Waals surface area contributed by atoms with Crippen LogP contribution in [0.25, 0.3) is 0 Å². The minimum absolute atomic E-state index is 0.212. The van der Waals surface area contributed by atoms with E-state index in [-0.39, 0.29) is 12.5 Å². The third kappa shape index (κ3) is 6.04. The first-order valence-electron chi connectivity index (χ1n) is 7.45. The molecule has 0 spiro atoms. The maximum atomic E-state index is 9.47. The van der Waals surface area contributed by atoms with Crippen LogP contribution >= 0.6 is 0 Å². The maximum Gasteiger partial charge on any atom is 0.124 e. The van der Waals surface area contributed by atoms with Crippen molar-refractivity contribution in [1.82, 2.24) is 0 Å². The van der Waals surface area contributed by atoms with Gasteiger partial charge in [0.15, 0.2) is 0 Å². The van der Waals surface area contributed by atoms with Crippen molar-refractivity contribution in [2.45, 2.75) is 26.9 Å². The first kappa shape index (κ1) is 18.0. The summed E-state index contributed by atoms with van der Waals surface area (Å²) in [4.78, 5) is 0. The number of aliphatic hydroxyl groups excluding tert-OH is 1. The third-order valence-electron chi connectivity index (χ3n) is 3.71. The molecule has 1 rings (SSSR count). The average Bonchev–Trinajstić information content (AvgIpc) is 2.49. The molecule has 0 aliphatic carbocycles. The molecule has 0 radical (unpaired) electrons. The number of aliphatic hydroxyl groups is 1. The van der Waals surface area contributed by atoms with Crippen LogP contribution in [0.1, 0.15) is 25.0 Å². The quantitative estimate of drug-likeness (QED) is 0.674. The van der Waals surface area contributed by atoms with Gasteiger partial charge in [0.05, 0.1) is 26.9 Å². The van der Waals surface area contributed by atoms with Gasteiger partial charge in [-0.05, 0) is 36.0 Å². The summed E-state index contributed by atoms with van der Waals surface area (Å²) in [6, 6.07) is 6.14. The molecule has 0 saturated heterocycles. The molecule has 21 heavy (non-hydrogen) atoms. The minimum Gasteiger partial charge on any atom is -0.496 e. The van der Waals surface area contributed by atoms with Gasteiger partial charge < -0.3 is 19.3 Å². The molecule has 1 aromatic rings. The van der Waals surface area contributed by atoms with Gasteiger partial charge in [0.1, 0.15) is 5.75 Å². The molecular weight excluding hydrogens is 268 g/mol. The maximum absolute atomic E-state index is 9.47. The van der Waals surface area contributed by atoms with Crippen LogP contribution in [0, 0.1) is 11.8 Å². The number of benzene rings is 1. The molecule has 0 aliphatic heterocycles. The average molecular weight is 296 g/mol. The van der Waals surface area contributed by atoms with Crippen molar-refractivity contribution < 1.29 is 19.3 Å². The van der Waals surface area contributed by atoms with Crippen molar-refractivity contribution in [3.63, 3.8) is 0 Å². The predicted molar refractivity (Wildman–Crippen MR) is 83.6 cm³/mol. The fourth-order valence-electron chi connectivity index (χ4n) is 2.21. The van der Waals surface area contributed by atoms with Crippen LogP contribution in [0.5, 0.6) is 5.75 Å². The number of hydrogen-bond donors (Lipinski definition) is 1. The van der Waals surface area contributed by atoms with Gasteiger partial charge in [-0.15, -0.1) is 0 Å². The zero-order valence-electron chi connectivity index (χ0n) is 13.6. The van der Waals surface area contributed by atoms with Gasteiger partial charge in [-0.25, -0.2) is 0 Å². The Morgan fingerprint density at radius 2 is 1.90 bits per heavy atom. The summed E-state index contributed by atoms with van der Waals surface area (Å²) < 4.78 is 15.9. The molecule has 0 aromatic heterocycles. The molecule has 1 aromatic carbocycles. The Morgan fingerprint density at radius 3 is 2.48 bits per heavy atom. The Bertz CT molecular complexity index is 404. The summed E-state index contributed by atoms with van der Waals surface area (Å²) in [6.45, 7) is 6.14. The lowest BCUT2D eigenvalue weighted by atomic mass is 9.89. The summed E-state index contributed by atoms with van der Waals surface area (Å²) in [5, 5.41) is 9.47. The van der Waals surface area contributed by atoms with Crippen molar-refractivity contribution >= 4 is 0 Å². The molecule has 0 bridgehead atoms. The fourth-order valence-corrected chi connectivity index (χ4v) is 2.21. The van der Waals surface area contributed by atoms with Gasteiger partial charge in [-0.1, -0.05) is 19.9 Å². The lowest BCUT2D eigenvalue weighted by Gasteiger charge is -2.19. The van der Waals surface area contributed by atoms with Gasteiger partial charge in [-0.3, -0.25) is 0 Å². The summed E-state index contributed by atoms with van der Waals surface area (Å²) in [5.74, 6) is 1.57. The lowest BCUT2D eigenvalue weighted by Crippen LogP contribution is -2.16. The van der Waals surface area contributed by atoms with Crippen molar-refractivity contribution in [3.8, 4) is 5.75 Å². The van der Waals surface area contributed by atoms with E-state index < -0.39 is 0 Å². The van der Waals surface area contributed by atoms with Crippen LogP contribution < -0.4 is 4.74 Å². The second-order valence-corrected chi connectivity index (χ2v) is 5.58. The van der Waals surface area contributed by atoms with Crippen LogP contribution in [0.15, 0.2) is 18.2 Å². The predicted octanol–water partition coefficient (Wildman–Crippen LogP) is 2.67. The molecule has 4 nitrogen and oxygen atoms in total. The number of hydrogen-bond acceptors (Lipinski definition) is 4. The molecular formula is C17H28O4. The Balaban J connectivity index is 2.74. The highest BCUT2D eigenvalue weighted by Crippen LogP contribution is 2.24. The van der Waals surface area contributed by atoms with E-state index in [2.05, 4.69) is 26.0 Å². The second kappa shape index (κ2) is 9.77. The van der Waals surface area contributed by atoms with Crippen LogP contribution in [0.2, 0.25) is 0 Å². The topological polar surface area (TPSA) is 47.9 Å². The zero-order valence-corrected chi connectivity index (χ0v) is 13.6. The Kier molecular flexibility index (Phi) is 8.35. The van der Waals surface area contributed by atoms with Crippen molar-refractivity contribution in [1.29, 1.82) is 0 Å². The van der Waals surface area contributed by atoms with Gasteiger partial charge in [-0.2, -0.15) is 0 Å². The smallest absolute Gasteiger partial charge is 0.124 e. The second-order valence-electron chi connectivity index (χ2n) is 5.58. The van der Waals surface area contributed by atoms with E-state index in [1.807, 2.05) is 6.07 Å². The SMILES string of the molecule is COCCOCc1cc(CC(CO)C(C)C)ccc1OC. The van der Waals surface area contributed by atoms with E-state index in [1.54, 1.807) is 14.2 Å². The summed E-state index contributed by atoms with van der Waals surface area (Å²) in [7, 11) is 3.32. The Hall–Kier alpha value is -1.10. The number of rotatable bonds is 10. The molecule has 0 saturated carbocycles. The number of ether oxygens (including phenoxy) is 3. The van der Waals surface area contributed by atoms with E-state index in [9.17, 15) is 5.11 Å². The fraction of sp³-hybridized carbons (Fsp3) is 0.647. The van der Waals surface area contributed by atoms with E-state index >= 15 is 0 Å². The normalized spacial score (nSPS) is 12.7. The first-order valence-corrected chi connectivity index (χ1v) is 7.45. The van der Waals surface area contributed by atoms with Crippen LogP contribution in [-0.4, -0.2) is 39.1 Å². The third-order valence-corrected chi connectivity index (χ3v) is 3.71. The molecule has 0 fully saturated rings. The first-order chi connectivity index (χ1) is 10.1. The molecule has 4 heteroatoms. The van der Waals surface area contributed by atoms with Crippen LogP contribution in [0.4, 0.5) is 0 Å². The van der Waals surface area contributed by atoms with E-state index in [4.69, 9.17) is 14.2 Å². The zero-order chi connectivity index (χ0) is 15.7. The van der Waals surface area contributed by atoms with Gasteiger partial charge >= 0.3 is 0 Å². The van der Waals surface area contributed by atoms with Crippen molar-refractivity contribution in [2.24, 2.45) is 11.8 Å². The summed E-state index contributed by atoms with van der Waals surface area (Å²) >= 11 is 0. The molecule has 0 heterocycles. The van der Waals surface area contributed by atoms with Crippen LogP contribution in [0.3, 0.4) is 0 Å². The molecule has 0 aliphatic rings. The standard InChI is InChI=1S/C17H28O4/c1-13(2)15(11-18)9-14-5-6-17(20-4)16(10-14)12-21-8-7-19-3/h5-6,10,13,15,18H,7-9,11-12H2,1-4H3. The van der Waals surface area contributed by atoms with Gasteiger partial charge in [0.2, 0.25) is 0 Å². The molecule has 120 valence electrons. The summed E-state index contributed by atoms with van der Waals surface area (Å²) in [5.41, 5.74) is 2.24. The highest BCUT2D eigenvalue weighted by atomic mass is 16.5. The highest BCUT2D eigenvalue weighted by Gasteiger charge is 2.14. The van der Waals surface area contributed by atoms with Gasteiger partial charge in [0.25, 0.3) is 0 Å². The molecule has 1 N–H and O–H groups in total. The Morgan fingerprint density at radius 1 is 1.14 bits per heavy atom. The molecule has 1 atom stereocenters. The van der Waals surface area contributed by atoms with Crippen LogP contribution in [-0.2, 0) is 22.5 Å². The monoisotopic (exact) mass is 296 g/mol. The number of methoxy groups -OCH3 is 2.